The lowest BCUT2D eigenvalue weighted by Gasteiger charge is -2.32. The SMILES string of the molecule is CCOC(=O)C1C(C)=NC(c2cccs2)=C(C2=NC(C)(C)CO2)C1c1cccc([N+](=O)[O-])c1. The lowest BCUT2D eigenvalue weighted by molar-refractivity contribution is -0.384. The number of nitro benzene ring substituents is 1. The first kappa shape index (κ1) is 22.8. The van der Waals surface area contributed by atoms with Crippen molar-refractivity contribution in [1.82, 2.24) is 0 Å². The van der Waals surface area contributed by atoms with Crippen molar-refractivity contribution in [3.05, 3.63) is 67.9 Å². The van der Waals surface area contributed by atoms with Crippen LogP contribution in [0, 0.1) is 16.0 Å². The molecule has 8 nitrogen and oxygen atoms in total. The quantitative estimate of drug-likeness (QED) is 0.337. The number of ether oxygens (including phenoxy) is 2. The van der Waals surface area contributed by atoms with Crippen LogP contribution in [0.3, 0.4) is 0 Å². The molecule has 2 unspecified atom stereocenters. The number of non-ortho nitro benzene ring substituents is 1. The van der Waals surface area contributed by atoms with Crippen molar-refractivity contribution < 1.29 is 19.2 Å². The van der Waals surface area contributed by atoms with Crippen molar-refractivity contribution in [2.24, 2.45) is 15.9 Å². The summed E-state index contributed by atoms with van der Waals surface area (Å²) in [6, 6.07) is 10.2. The van der Waals surface area contributed by atoms with E-state index in [0.717, 1.165) is 4.88 Å². The Hall–Kier alpha value is -3.33. The predicted octanol–water partition coefficient (Wildman–Crippen LogP) is 5.01. The summed E-state index contributed by atoms with van der Waals surface area (Å²) < 4.78 is 11.4. The molecule has 2 aliphatic heterocycles. The monoisotopic (exact) mass is 467 g/mol. The number of aliphatic imine (C=N–C) groups is 2. The molecule has 2 aromatic rings. The maximum atomic E-state index is 13.2. The Morgan fingerprint density at radius 2 is 2.12 bits per heavy atom. The molecule has 0 spiro atoms. The van der Waals surface area contributed by atoms with Crippen LogP contribution >= 0.6 is 11.3 Å². The van der Waals surface area contributed by atoms with E-state index in [1.54, 1.807) is 26.0 Å². The van der Waals surface area contributed by atoms with E-state index in [-0.39, 0.29) is 12.3 Å². The first-order valence-corrected chi connectivity index (χ1v) is 11.6. The number of thiophene rings is 1. The Balaban J connectivity index is 2.00. The van der Waals surface area contributed by atoms with Crippen molar-refractivity contribution in [2.75, 3.05) is 13.2 Å². The zero-order valence-corrected chi connectivity index (χ0v) is 19.7. The molecule has 0 N–H and O–H groups in total. The molecule has 2 atom stereocenters. The second-order valence-electron chi connectivity index (χ2n) is 8.57. The van der Waals surface area contributed by atoms with E-state index in [2.05, 4.69) is 0 Å². The largest absolute Gasteiger partial charge is 0.475 e. The number of carbonyl (C=O) groups excluding carboxylic acids is 1. The molecule has 0 aliphatic carbocycles. The molecule has 0 radical (unpaired) electrons. The maximum Gasteiger partial charge on any atom is 0.315 e. The lowest BCUT2D eigenvalue weighted by atomic mass is 9.75. The van der Waals surface area contributed by atoms with Crippen LogP contribution in [0.4, 0.5) is 5.69 Å². The molecule has 3 heterocycles. The minimum Gasteiger partial charge on any atom is -0.475 e. The van der Waals surface area contributed by atoms with Gasteiger partial charge in [-0.3, -0.25) is 19.9 Å². The van der Waals surface area contributed by atoms with Gasteiger partial charge in [-0.2, -0.15) is 0 Å². The van der Waals surface area contributed by atoms with E-state index < -0.39 is 28.3 Å². The van der Waals surface area contributed by atoms with Crippen LogP contribution in [-0.4, -0.2) is 41.3 Å². The Kier molecular flexibility index (Phi) is 6.16. The third-order valence-electron chi connectivity index (χ3n) is 5.57. The van der Waals surface area contributed by atoms with Crippen LogP contribution in [0.15, 0.2) is 57.3 Å². The highest BCUT2D eigenvalue weighted by Gasteiger charge is 2.45. The number of nitro groups is 1. The van der Waals surface area contributed by atoms with Crippen LogP contribution in [0.25, 0.3) is 5.70 Å². The van der Waals surface area contributed by atoms with E-state index in [4.69, 9.17) is 19.5 Å². The number of hydrogen-bond acceptors (Lipinski definition) is 8. The normalized spacial score (nSPS) is 21.8. The summed E-state index contributed by atoms with van der Waals surface area (Å²) in [5, 5.41) is 13.5. The van der Waals surface area contributed by atoms with Gasteiger partial charge in [0.25, 0.3) is 5.69 Å². The zero-order chi connectivity index (χ0) is 23.8. The van der Waals surface area contributed by atoms with Crippen molar-refractivity contribution in [3.63, 3.8) is 0 Å². The standard InChI is InChI=1S/C24H25N3O5S/c1-5-31-23(28)18-14(2)25-21(17-10-7-11-33-17)20(22-26-24(3,4)13-32-22)19(18)15-8-6-9-16(12-15)27(29)30/h6-12,18-19H,5,13H2,1-4H3. The van der Waals surface area contributed by atoms with Crippen LogP contribution in [-0.2, 0) is 14.3 Å². The third kappa shape index (κ3) is 4.45. The lowest BCUT2D eigenvalue weighted by Crippen LogP contribution is -2.36. The summed E-state index contributed by atoms with van der Waals surface area (Å²) in [4.78, 5) is 34.8. The van der Waals surface area contributed by atoms with Gasteiger partial charge < -0.3 is 9.47 Å². The molecule has 0 saturated carbocycles. The highest BCUT2D eigenvalue weighted by atomic mass is 32.1. The molecule has 0 saturated heterocycles. The first-order valence-electron chi connectivity index (χ1n) is 10.7. The van der Waals surface area contributed by atoms with E-state index in [0.29, 0.717) is 35.0 Å². The topological polar surface area (TPSA) is 103 Å². The van der Waals surface area contributed by atoms with Crippen molar-refractivity contribution in [3.8, 4) is 0 Å². The minimum absolute atomic E-state index is 0.0538. The number of benzene rings is 1. The molecule has 33 heavy (non-hydrogen) atoms. The van der Waals surface area contributed by atoms with Gasteiger partial charge in [0.15, 0.2) is 0 Å². The highest BCUT2D eigenvalue weighted by molar-refractivity contribution is 7.11. The number of hydrogen-bond donors (Lipinski definition) is 0. The number of rotatable bonds is 6. The van der Waals surface area contributed by atoms with Gasteiger partial charge in [-0.25, -0.2) is 4.99 Å². The molecule has 1 aromatic heterocycles. The third-order valence-corrected chi connectivity index (χ3v) is 6.45. The molecule has 0 fully saturated rings. The maximum absolute atomic E-state index is 13.2. The van der Waals surface area contributed by atoms with Crippen molar-refractivity contribution in [2.45, 2.75) is 39.2 Å². The molecule has 1 aromatic carbocycles. The zero-order valence-electron chi connectivity index (χ0n) is 18.9. The van der Waals surface area contributed by atoms with Gasteiger partial charge in [0.1, 0.15) is 12.5 Å². The number of carbonyl (C=O) groups is 1. The molecule has 172 valence electrons. The molecule has 0 bridgehead atoms. The molecular weight excluding hydrogens is 442 g/mol. The van der Waals surface area contributed by atoms with Gasteiger partial charge in [0.05, 0.1) is 27.6 Å². The van der Waals surface area contributed by atoms with Crippen LogP contribution in [0.2, 0.25) is 0 Å². The summed E-state index contributed by atoms with van der Waals surface area (Å²) in [5.74, 6) is -1.40. The van der Waals surface area contributed by atoms with Gasteiger partial charge in [0.2, 0.25) is 5.90 Å². The fourth-order valence-electron chi connectivity index (χ4n) is 4.15. The van der Waals surface area contributed by atoms with Crippen LogP contribution in [0.1, 0.15) is 44.1 Å². The molecule has 2 aliphatic rings. The second kappa shape index (κ2) is 8.90. The molecule has 9 heteroatoms. The van der Waals surface area contributed by atoms with E-state index in [1.165, 1.54) is 23.5 Å². The minimum atomic E-state index is -0.763. The van der Waals surface area contributed by atoms with Gasteiger partial charge in [-0.05, 0) is 44.7 Å². The Morgan fingerprint density at radius 1 is 1.33 bits per heavy atom. The van der Waals surface area contributed by atoms with E-state index in [1.807, 2.05) is 31.4 Å². The average Bonchev–Trinajstić information content (AvgIpc) is 3.42. The summed E-state index contributed by atoms with van der Waals surface area (Å²) in [5.41, 5.74) is 2.00. The van der Waals surface area contributed by atoms with E-state index >= 15 is 0 Å². The van der Waals surface area contributed by atoms with Gasteiger partial charge in [0, 0.05) is 29.3 Å². The summed E-state index contributed by atoms with van der Waals surface area (Å²) in [6.45, 7) is 8.07. The first-order chi connectivity index (χ1) is 15.7. The Labute approximate surface area is 195 Å². The van der Waals surface area contributed by atoms with Gasteiger partial charge in [-0.1, -0.05) is 18.2 Å². The second-order valence-corrected chi connectivity index (χ2v) is 9.52. The summed E-state index contributed by atoms with van der Waals surface area (Å²) in [7, 11) is 0. The van der Waals surface area contributed by atoms with Gasteiger partial charge in [-0.15, -0.1) is 11.3 Å². The Bertz CT molecular complexity index is 1180. The fourth-order valence-corrected chi connectivity index (χ4v) is 4.88. The van der Waals surface area contributed by atoms with Gasteiger partial charge >= 0.3 is 5.97 Å². The Morgan fingerprint density at radius 3 is 2.73 bits per heavy atom. The molecular formula is C24H25N3O5S. The smallest absolute Gasteiger partial charge is 0.315 e. The van der Waals surface area contributed by atoms with Crippen LogP contribution in [0.5, 0.6) is 0 Å². The van der Waals surface area contributed by atoms with E-state index in [9.17, 15) is 14.9 Å². The van der Waals surface area contributed by atoms with Crippen molar-refractivity contribution >= 4 is 40.3 Å². The highest BCUT2D eigenvalue weighted by Crippen LogP contribution is 2.45. The predicted molar refractivity (Wildman–Crippen MR) is 128 cm³/mol. The summed E-state index contributed by atoms with van der Waals surface area (Å²) >= 11 is 1.52. The average molecular weight is 468 g/mol. The molecule has 4 rings (SSSR count). The number of nitrogens with zero attached hydrogens (tertiary/aromatic N) is 3. The van der Waals surface area contributed by atoms with Crippen LogP contribution < -0.4 is 0 Å². The number of esters is 1. The fraction of sp³-hybridized carbons (Fsp3) is 0.375. The van der Waals surface area contributed by atoms with Crippen molar-refractivity contribution in [1.29, 1.82) is 0 Å². The summed E-state index contributed by atoms with van der Waals surface area (Å²) in [6.07, 6.45) is 0. The molecule has 0 amide bonds.